The number of nitrogens with zero attached hydrogens (tertiary/aromatic N) is 2. The van der Waals surface area contributed by atoms with E-state index in [-0.39, 0.29) is 6.71 Å². The lowest BCUT2D eigenvalue weighted by atomic mass is 9.36. The van der Waals surface area contributed by atoms with E-state index >= 15 is 0 Å². The lowest BCUT2D eigenvalue weighted by molar-refractivity contribution is 0.487. The quantitative estimate of drug-likeness (QED) is 0.172. The molecular formula is C48H31BN2O. The van der Waals surface area contributed by atoms with Crippen molar-refractivity contribution in [2.75, 3.05) is 0 Å². The lowest BCUT2D eigenvalue weighted by Gasteiger charge is -2.27. The number of hydrogen-bond donors (Lipinski definition) is 0. The summed E-state index contributed by atoms with van der Waals surface area (Å²) in [6, 6.07) is 67.7. The van der Waals surface area contributed by atoms with E-state index in [0.29, 0.717) is 0 Å². The van der Waals surface area contributed by atoms with Gasteiger partial charge in [-0.2, -0.15) is 0 Å². The van der Waals surface area contributed by atoms with Crippen LogP contribution in [0.2, 0.25) is 0 Å². The number of ether oxygens (including phenoxy) is 1. The summed E-state index contributed by atoms with van der Waals surface area (Å²) in [5, 5.41) is 4.99. The van der Waals surface area contributed by atoms with Crippen molar-refractivity contribution in [1.82, 2.24) is 9.13 Å². The van der Waals surface area contributed by atoms with Gasteiger partial charge >= 0.3 is 0 Å². The number of para-hydroxylation sites is 4. The van der Waals surface area contributed by atoms with Crippen molar-refractivity contribution < 1.29 is 4.74 Å². The highest BCUT2D eigenvalue weighted by atomic mass is 16.5. The fourth-order valence-corrected chi connectivity index (χ4v) is 8.56. The number of rotatable bonds is 4. The van der Waals surface area contributed by atoms with Crippen molar-refractivity contribution >= 4 is 66.7 Å². The zero-order valence-electron chi connectivity index (χ0n) is 28.3. The van der Waals surface area contributed by atoms with Crippen LogP contribution >= 0.6 is 0 Å². The third-order valence-corrected chi connectivity index (χ3v) is 10.8. The van der Waals surface area contributed by atoms with Crippen LogP contribution in [0.15, 0.2) is 188 Å². The predicted octanol–water partition coefficient (Wildman–Crippen LogP) is 10.2. The van der Waals surface area contributed by atoms with E-state index < -0.39 is 0 Å². The van der Waals surface area contributed by atoms with Crippen LogP contribution < -0.4 is 21.1 Å². The maximum absolute atomic E-state index is 6.58. The predicted molar refractivity (Wildman–Crippen MR) is 218 cm³/mol. The van der Waals surface area contributed by atoms with Crippen LogP contribution in [0.5, 0.6) is 11.5 Å². The van der Waals surface area contributed by atoms with Gasteiger partial charge in [-0.15, -0.1) is 0 Å². The lowest BCUT2D eigenvalue weighted by Crippen LogP contribution is -2.54. The molecule has 0 fully saturated rings. The van der Waals surface area contributed by atoms with Gasteiger partial charge < -0.3 is 13.9 Å². The van der Waals surface area contributed by atoms with Gasteiger partial charge in [0.15, 0.2) is 0 Å². The van der Waals surface area contributed by atoms with Crippen LogP contribution in [-0.2, 0) is 0 Å². The molecule has 1 aliphatic rings. The molecule has 0 saturated heterocycles. The Morgan fingerprint density at radius 2 is 0.885 bits per heavy atom. The second-order valence-corrected chi connectivity index (χ2v) is 13.7. The fourth-order valence-electron chi connectivity index (χ4n) is 8.56. The van der Waals surface area contributed by atoms with E-state index in [1.807, 2.05) is 0 Å². The summed E-state index contributed by atoms with van der Waals surface area (Å²) >= 11 is 0. The molecule has 0 unspecified atom stereocenters. The van der Waals surface area contributed by atoms with E-state index in [1.165, 1.54) is 60.0 Å². The van der Waals surface area contributed by atoms with Crippen LogP contribution in [0.1, 0.15) is 0 Å². The van der Waals surface area contributed by atoms with Crippen LogP contribution in [0.25, 0.3) is 66.1 Å². The molecule has 0 N–H and O–H groups in total. The summed E-state index contributed by atoms with van der Waals surface area (Å²) in [4.78, 5) is 0. The summed E-state index contributed by atoms with van der Waals surface area (Å²) in [5.41, 5.74) is 13.0. The first kappa shape index (κ1) is 29.0. The Bertz CT molecular complexity index is 2980. The highest BCUT2D eigenvalue weighted by molar-refractivity contribution is 6.96. The first-order chi connectivity index (χ1) is 25.8. The molecule has 0 amide bonds. The van der Waals surface area contributed by atoms with E-state index in [4.69, 9.17) is 4.74 Å². The number of benzene rings is 8. The smallest absolute Gasteiger partial charge is 0.250 e. The van der Waals surface area contributed by atoms with E-state index in [1.54, 1.807) is 0 Å². The van der Waals surface area contributed by atoms with Gasteiger partial charge in [0, 0.05) is 32.9 Å². The Kier molecular flexibility index (Phi) is 6.35. The zero-order valence-corrected chi connectivity index (χ0v) is 28.3. The fraction of sp³-hybridized carbons (Fsp3) is 0. The molecule has 10 aromatic rings. The van der Waals surface area contributed by atoms with Crippen molar-refractivity contribution in [3.8, 4) is 34.0 Å². The minimum Gasteiger partial charge on any atom is -0.458 e. The maximum Gasteiger partial charge on any atom is 0.250 e. The summed E-state index contributed by atoms with van der Waals surface area (Å²) in [6.07, 6.45) is 0. The van der Waals surface area contributed by atoms with E-state index in [9.17, 15) is 0 Å². The monoisotopic (exact) mass is 662 g/mol. The molecule has 8 aromatic carbocycles. The first-order valence-electron chi connectivity index (χ1n) is 17.9. The van der Waals surface area contributed by atoms with Crippen LogP contribution in [-0.4, -0.2) is 15.8 Å². The molecule has 2 aromatic heterocycles. The molecule has 0 atom stereocenters. The third kappa shape index (κ3) is 4.28. The minimum absolute atomic E-state index is 0.121. The molecule has 0 aliphatic carbocycles. The van der Waals surface area contributed by atoms with Crippen molar-refractivity contribution in [1.29, 1.82) is 0 Å². The van der Waals surface area contributed by atoms with Crippen molar-refractivity contribution in [2.24, 2.45) is 0 Å². The van der Waals surface area contributed by atoms with Crippen LogP contribution in [0.3, 0.4) is 0 Å². The van der Waals surface area contributed by atoms with Crippen molar-refractivity contribution in [3.05, 3.63) is 188 Å². The topological polar surface area (TPSA) is 19.1 Å². The van der Waals surface area contributed by atoms with Gasteiger partial charge in [0.2, 0.25) is 0 Å². The summed E-state index contributed by atoms with van der Waals surface area (Å²) in [6.45, 7) is 0.121. The Morgan fingerprint density at radius 1 is 0.365 bits per heavy atom. The average Bonchev–Trinajstić information content (AvgIpc) is 3.74. The van der Waals surface area contributed by atoms with E-state index in [2.05, 4.69) is 197 Å². The summed E-state index contributed by atoms with van der Waals surface area (Å²) < 4.78 is 11.5. The normalized spacial score (nSPS) is 12.3. The average molecular weight is 663 g/mol. The minimum atomic E-state index is 0.121. The second kappa shape index (κ2) is 11.4. The van der Waals surface area contributed by atoms with Gasteiger partial charge in [0.25, 0.3) is 6.71 Å². The maximum atomic E-state index is 6.58. The molecule has 0 saturated carbocycles. The molecule has 4 heteroatoms. The highest BCUT2D eigenvalue weighted by Gasteiger charge is 2.32. The Hall–Kier alpha value is -6.78. The summed E-state index contributed by atoms with van der Waals surface area (Å²) in [5.74, 6) is 1.83. The molecule has 0 radical (unpaired) electrons. The van der Waals surface area contributed by atoms with Gasteiger partial charge in [-0.3, -0.25) is 0 Å². The van der Waals surface area contributed by atoms with Crippen LogP contribution in [0.4, 0.5) is 0 Å². The molecule has 0 spiro atoms. The molecule has 52 heavy (non-hydrogen) atoms. The number of hydrogen-bond acceptors (Lipinski definition) is 1. The van der Waals surface area contributed by atoms with E-state index in [0.717, 1.165) is 34.0 Å². The Balaban J connectivity index is 1.09. The van der Waals surface area contributed by atoms with Gasteiger partial charge in [-0.05, 0) is 70.6 Å². The number of aromatic nitrogens is 2. The van der Waals surface area contributed by atoms with Crippen molar-refractivity contribution in [2.45, 2.75) is 0 Å². The molecule has 0 bridgehead atoms. The highest BCUT2D eigenvalue weighted by Crippen LogP contribution is 2.42. The Morgan fingerprint density at radius 3 is 1.56 bits per heavy atom. The third-order valence-electron chi connectivity index (χ3n) is 10.8. The van der Waals surface area contributed by atoms with Gasteiger partial charge in [0.05, 0.1) is 22.1 Å². The second-order valence-electron chi connectivity index (χ2n) is 13.7. The molecule has 11 rings (SSSR count). The largest absolute Gasteiger partial charge is 0.458 e. The van der Waals surface area contributed by atoms with Crippen LogP contribution in [0, 0.1) is 0 Å². The molecular weight excluding hydrogens is 631 g/mol. The first-order valence-corrected chi connectivity index (χ1v) is 17.9. The molecule has 3 nitrogen and oxygen atoms in total. The molecule has 1 aliphatic heterocycles. The SMILES string of the molecule is c1ccc(B2c3ccccc3Oc3cc(-c4ccc(-n5c6ccccc6c6ccc7c8ccccc8n(-c8ccccc8)c7c65)cc4)ccc32)cc1. The van der Waals surface area contributed by atoms with Gasteiger partial charge in [-0.25, -0.2) is 0 Å². The molecule has 242 valence electrons. The standard InChI is InChI=1S/C48H31BN2O/c1-3-13-34(14-4-1)49-41-19-9-12-22-45(41)52-46-31-33(25-30-42(46)49)32-23-26-36(27-24-32)51-44-21-11-8-18-38(44)40-29-28-39-37-17-7-10-20-43(37)50(47(39)48(40)51)35-15-5-2-6-16-35/h1-31H. The zero-order chi connectivity index (χ0) is 34.2. The number of fused-ring (bicyclic) bond motifs is 9. The summed E-state index contributed by atoms with van der Waals surface area (Å²) in [7, 11) is 0. The molecule has 3 heterocycles. The van der Waals surface area contributed by atoms with Gasteiger partial charge in [0.1, 0.15) is 11.5 Å². The van der Waals surface area contributed by atoms with Crippen molar-refractivity contribution in [3.63, 3.8) is 0 Å². The Labute approximate surface area is 301 Å². The van der Waals surface area contributed by atoms with Gasteiger partial charge in [-0.1, -0.05) is 145 Å².